The Kier molecular flexibility index (Phi) is 4.90. The first kappa shape index (κ1) is 21.0. The summed E-state index contributed by atoms with van der Waals surface area (Å²) in [6, 6.07) is 36.9. The molecule has 3 aromatic heterocycles. The largest absolute Gasteiger partial charge is 0.256 e. The molecule has 0 aliphatic heterocycles. The normalized spacial score (nSPS) is 11.5. The highest BCUT2D eigenvalue weighted by molar-refractivity contribution is 7.26. The van der Waals surface area contributed by atoms with E-state index in [-0.39, 0.29) is 0 Å². The average Bonchev–Trinajstić information content (AvgIpc) is 3.32. The molecule has 2 nitrogen and oxygen atoms in total. The zero-order valence-electron chi connectivity index (χ0n) is 19.8. The number of benzene rings is 4. The van der Waals surface area contributed by atoms with E-state index in [1.165, 1.54) is 48.5 Å². The molecule has 7 aromatic rings. The molecule has 0 saturated carbocycles. The fourth-order valence-electron chi connectivity index (χ4n) is 4.91. The van der Waals surface area contributed by atoms with Crippen LogP contribution in [0.3, 0.4) is 0 Å². The van der Waals surface area contributed by atoms with Crippen molar-refractivity contribution in [1.29, 1.82) is 0 Å². The smallest absolute Gasteiger partial charge is 0.124 e. The van der Waals surface area contributed by atoms with Gasteiger partial charge in [-0.2, -0.15) is 0 Å². The zero-order valence-corrected chi connectivity index (χ0v) is 20.6. The van der Waals surface area contributed by atoms with Crippen LogP contribution < -0.4 is 0 Å². The lowest BCUT2D eigenvalue weighted by molar-refractivity contribution is 1.33. The maximum Gasteiger partial charge on any atom is 0.124 e. The van der Waals surface area contributed by atoms with Crippen molar-refractivity contribution in [2.24, 2.45) is 0 Å². The second-order valence-electron chi connectivity index (χ2n) is 9.22. The van der Waals surface area contributed by atoms with Gasteiger partial charge in [0, 0.05) is 39.0 Å². The lowest BCUT2D eigenvalue weighted by Gasteiger charge is -2.08. The highest BCUT2D eigenvalue weighted by Crippen LogP contribution is 2.38. The van der Waals surface area contributed by atoms with Crippen molar-refractivity contribution in [1.82, 2.24) is 9.97 Å². The Labute approximate surface area is 213 Å². The van der Waals surface area contributed by atoms with Crippen LogP contribution in [0.25, 0.3) is 64.6 Å². The number of aromatic nitrogens is 2. The van der Waals surface area contributed by atoms with Gasteiger partial charge in [-0.05, 0) is 64.7 Å². The molecule has 0 unspecified atom stereocenters. The lowest BCUT2D eigenvalue weighted by Crippen LogP contribution is -1.86. The first-order valence-electron chi connectivity index (χ1n) is 12.1. The third-order valence-electron chi connectivity index (χ3n) is 6.87. The number of hydrogen-bond acceptors (Lipinski definition) is 3. The number of rotatable bonds is 3. The van der Waals surface area contributed by atoms with Gasteiger partial charge >= 0.3 is 0 Å². The summed E-state index contributed by atoms with van der Waals surface area (Å²) in [5.74, 6) is 0. The number of hydrogen-bond donors (Lipinski definition) is 0. The van der Waals surface area contributed by atoms with Crippen LogP contribution in [0.5, 0.6) is 0 Å². The molecule has 3 heteroatoms. The van der Waals surface area contributed by atoms with E-state index in [0.29, 0.717) is 0 Å². The first-order valence-corrected chi connectivity index (χ1v) is 12.9. The summed E-state index contributed by atoms with van der Waals surface area (Å²) < 4.78 is 1.24. The quantitative estimate of drug-likeness (QED) is 0.253. The number of nitrogens with zero attached hydrogens (tertiary/aromatic N) is 2. The number of thiophene rings is 1. The van der Waals surface area contributed by atoms with Gasteiger partial charge in [0.2, 0.25) is 0 Å². The van der Waals surface area contributed by atoms with Crippen LogP contribution in [0, 0.1) is 6.92 Å². The summed E-state index contributed by atoms with van der Waals surface area (Å²) >= 11 is 1.73. The van der Waals surface area contributed by atoms with E-state index >= 15 is 0 Å². The Hall–Kier alpha value is -4.34. The van der Waals surface area contributed by atoms with Gasteiger partial charge in [0.25, 0.3) is 0 Å². The molecule has 36 heavy (non-hydrogen) atoms. The highest BCUT2D eigenvalue weighted by atomic mass is 32.1. The molecule has 0 aliphatic rings. The predicted octanol–water partition coefficient (Wildman–Crippen LogP) is 9.31. The Morgan fingerprint density at radius 3 is 2.03 bits per heavy atom. The molecular weight excluding hydrogens is 456 g/mol. The molecule has 0 radical (unpaired) electrons. The van der Waals surface area contributed by atoms with E-state index in [2.05, 4.69) is 109 Å². The summed E-state index contributed by atoms with van der Waals surface area (Å²) in [6.07, 6.45) is 3.85. The number of fused-ring (bicyclic) bond motifs is 4. The summed E-state index contributed by atoms with van der Waals surface area (Å²) in [5.41, 5.74) is 8.20. The SMILES string of the molecule is Cc1ccc(-c2ccc3cc(-c4ccc(-c5cccc6c5sc5ncccc56)nc4)ccc3c2)cc1. The van der Waals surface area contributed by atoms with Crippen molar-refractivity contribution in [3.63, 3.8) is 0 Å². The van der Waals surface area contributed by atoms with E-state index in [4.69, 9.17) is 4.98 Å². The molecule has 0 atom stereocenters. The third kappa shape index (κ3) is 3.57. The molecule has 4 aromatic carbocycles. The van der Waals surface area contributed by atoms with Crippen molar-refractivity contribution in [3.05, 3.63) is 121 Å². The van der Waals surface area contributed by atoms with Crippen molar-refractivity contribution in [3.8, 4) is 33.5 Å². The standard InChI is InChI=1S/C33H22N2S/c1-21-7-9-22(10-8-21)23-11-12-25-19-26(14-13-24(25)18-23)27-15-16-31(35-20-27)30-5-2-4-28-29-6-3-17-34-33(29)36-32(28)30/h2-20H,1H3. The second kappa shape index (κ2) is 8.40. The maximum atomic E-state index is 4.87. The minimum absolute atomic E-state index is 0.986. The molecule has 0 saturated heterocycles. The molecule has 0 fully saturated rings. The van der Waals surface area contributed by atoms with Crippen LogP contribution in [-0.4, -0.2) is 9.97 Å². The molecule has 0 spiro atoms. The molecule has 7 rings (SSSR count). The van der Waals surface area contributed by atoms with E-state index in [0.717, 1.165) is 21.7 Å². The second-order valence-corrected chi connectivity index (χ2v) is 10.2. The van der Waals surface area contributed by atoms with Gasteiger partial charge in [-0.25, -0.2) is 4.98 Å². The van der Waals surface area contributed by atoms with Gasteiger partial charge in [0.05, 0.1) is 5.69 Å². The Morgan fingerprint density at radius 2 is 1.28 bits per heavy atom. The molecule has 3 heterocycles. The third-order valence-corrected chi connectivity index (χ3v) is 8.04. The van der Waals surface area contributed by atoms with E-state index in [1.54, 1.807) is 11.3 Å². The Morgan fingerprint density at radius 1 is 0.583 bits per heavy atom. The summed E-state index contributed by atoms with van der Waals surface area (Å²) in [4.78, 5) is 10.5. The topological polar surface area (TPSA) is 25.8 Å². The molecule has 0 aliphatic carbocycles. The molecular formula is C33H22N2S. The van der Waals surface area contributed by atoms with E-state index in [9.17, 15) is 0 Å². The lowest BCUT2D eigenvalue weighted by atomic mass is 9.97. The van der Waals surface area contributed by atoms with Crippen LogP contribution in [0.2, 0.25) is 0 Å². The minimum Gasteiger partial charge on any atom is -0.256 e. The van der Waals surface area contributed by atoms with Crippen LogP contribution in [0.1, 0.15) is 5.56 Å². The number of aryl methyl sites for hydroxylation is 1. The monoisotopic (exact) mass is 478 g/mol. The Bertz CT molecular complexity index is 1880. The van der Waals surface area contributed by atoms with Crippen molar-refractivity contribution in [2.45, 2.75) is 6.92 Å². The summed E-state index contributed by atoms with van der Waals surface area (Å²) in [6.45, 7) is 2.12. The predicted molar refractivity (Wildman–Crippen MR) is 153 cm³/mol. The number of pyridine rings is 2. The molecule has 0 amide bonds. The molecule has 170 valence electrons. The van der Waals surface area contributed by atoms with Gasteiger partial charge in [0.15, 0.2) is 0 Å². The van der Waals surface area contributed by atoms with Crippen LogP contribution in [0.4, 0.5) is 0 Å². The Balaban J connectivity index is 1.23. The van der Waals surface area contributed by atoms with Crippen LogP contribution >= 0.6 is 11.3 Å². The van der Waals surface area contributed by atoms with Gasteiger partial charge < -0.3 is 0 Å². The van der Waals surface area contributed by atoms with E-state index in [1.807, 2.05) is 18.5 Å². The van der Waals surface area contributed by atoms with Crippen LogP contribution in [0.15, 0.2) is 116 Å². The fraction of sp³-hybridized carbons (Fsp3) is 0.0303. The van der Waals surface area contributed by atoms with Crippen molar-refractivity contribution >= 4 is 42.4 Å². The van der Waals surface area contributed by atoms with Gasteiger partial charge in [-0.1, -0.05) is 78.4 Å². The fourth-order valence-corrected chi connectivity index (χ4v) is 6.07. The summed E-state index contributed by atoms with van der Waals surface area (Å²) in [7, 11) is 0. The first-order chi connectivity index (χ1) is 17.7. The zero-order chi connectivity index (χ0) is 24.1. The minimum atomic E-state index is 0.986. The maximum absolute atomic E-state index is 4.87. The van der Waals surface area contributed by atoms with Gasteiger partial charge in [-0.15, -0.1) is 11.3 Å². The molecule has 0 N–H and O–H groups in total. The molecule has 0 bridgehead atoms. The highest BCUT2D eigenvalue weighted by Gasteiger charge is 2.12. The average molecular weight is 479 g/mol. The van der Waals surface area contributed by atoms with Gasteiger partial charge in [-0.3, -0.25) is 4.98 Å². The van der Waals surface area contributed by atoms with Crippen molar-refractivity contribution < 1.29 is 0 Å². The van der Waals surface area contributed by atoms with E-state index < -0.39 is 0 Å². The van der Waals surface area contributed by atoms with Crippen molar-refractivity contribution in [2.75, 3.05) is 0 Å². The van der Waals surface area contributed by atoms with Gasteiger partial charge in [0.1, 0.15) is 4.83 Å². The van der Waals surface area contributed by atoms with Crippen LogP contribution in [-0.2, 0) is 0 Å². The summed E-state index contributed by atoms with van der Waals surface area (Å²) in [5, 5.41) is 4.92.